The van der Waals surface area contributed by atoms with Gasteiger partial charge in [-0.3, -0.25) is 4.79 Å². The Morgan fingerprint density at radius 3 is 2.30 bits per heavy atom. The number of allylic oxidation sites excluding steroid dienone is 2. The molecule has 0 amide bonds. The minimum Gasteiger partial charge on any atom is -0.295 e. The molecule has 0 saturated heterocycles. The van der Waals surface area contributed by atoms with Crippen molar-refractivity contribution >= 4 is 5.78 Å². The molecule has 10 heavy (non-hydrogen) atoms. The van der Waals surface area contributed by atoms with Crippen molar-refractivity contribution in [3.63, 3.8) is 0 Å². The van der Waals surface area contributed by atoms with E-state index in [9.17, 15) is 18.0 Å². The highest BCUT2D eigenvalue weighted by atomic mass is 19.4. The number of alkyl halides is 3. The summed E-state index contributed by atoms with van der Waals surface area (Å²) in [4.78, 5) is 10.3. The van der Waals surface area contributed by atoms with Crippen LogP contribution in [0.25, 0.3) is 0 Å². The SMILES string of the molecule is CCC(=O)C=CC(F)(F)F. The number of hydrogen-bond donors (Lipinski definition) is 0. The van der Waals surface area contributed by atoms with E-state index in [0.717, 1.165) is 0 Å². The quantitative estimate of drug-likeness (QED) is 0.553. The van der Waals surface area contributed by atoms with Gasteiger partial charge in [0.05, 0.1) is 0 Å². The van der Waals surface area contributed by atoms with Crippen molar-refractivity contribution in [3.05, 3.63) is 12.2 Å². The van der Waals surface area contributed by atoms with Crippen molar-refractivity contribution < 1.29 is 18.0 Å². The third-order valence-electron chi connectivity index (χ3n) is 0.807. The van der Waals surface area contributed by atoms with Crippen molar-refractivity contribution in [3.8, 4) is 0 Å². The Kier molecular flexibility index (Phi) is 3.12. The van der Waals surface area contributed by atoms with Gasteiger partial charge in [-0.25, -0.2) is 0 Å². The Labute approximate surface area is 56.5 Å². The van der Waals surface area contributed by atoms with Gasteiger partial charge in [0.25, 0.3) is 0 Å². The maximum atomic E-state index is 11.3. The molecule has 0 N–H and O–H groups in total. The minimum absolute atomic E-state index is 0.0567. The normalized spacial score (nSPS) is 12.4. The van der Waals surface area contributed by atoms with Gasteiger partial charge in [-0.05, 0) is 6.08 Å². The number of carbonyl (C=O) groups excluding carboxylic acids is 1. The van der Waals surface area contributed by atoms with E-state index < -0.39 is 12.0 Å². The predicted octanol–water partition coefficient (Wildman–Crippen LogP) is 2.08. The lowest BCUT2D eigenvalue weighted by Gasteiger charge is -1.95. The predicted molar refractivity (Wildman–Crippen MR) is 30.5 cm³/mol. The lowest BCUT2D eigenvalue weighted by molar-refractivity contribution is -0.115. The molecule has 0 aliphatic rings. The van der Waals surface area contributed by atoms with Crippen molar-refractivity contribution in [1.29, 1.82) is 0 Å². The Morgan fingerprint density at radius 1 is 1.50 bits per heavy atom. The Bertz CT molecular complexity index is 146. The van der Waals surface area contributed by atoms with E-state index in [-0.39, 0.29) is 12.5 Å². The van der Waals surface area contributed by atoms with Gasteiger partial charge in [-0.2, -0.15) is 13.2 Å². The van der Waals surface area contributed by atoms with Crippen LogP contribution in [0, 0.1) is 0 Å². The van der Waals surface area contributed by atoms with E-state index in [2.05, 4.69) is 0 Å². The molecule has 58 valence electrons. The van der Waals surface area contributed by atoms with Gasteiger partial charge in [-0.1, -0.05) is 6.92 Å². The van der Waals surface area contributed by atoms with E-state index in [0.29, 0.717) is 6.08 Å². The first kappa shape index (κ1) is 9.20. The molecule has 0 fully saturated rings. The van der Waals surface area contributed by atoms with Crippen LogP contribution >= 0.6 is 0 Å². The fraction of sp³-hybridized carbons (Fsp3) is 0.500. The second kappa shape index (κ2) is 3.39. The summed E-state index contributed by atoms with van der Waals surface area (Å²) >= 11 is 0. The van der Waals surface area contributed by atoms with E-state index in [4.69, 9.17) is 0 Å². The van der Waals surface area contributed by atoms with Gasteiger partial charge in [-0.15, -0.1) is 0 Å². The molecule has 4 heteroatoms. The van der Waals surface area contributed by atoms with Crippen LogP contribution in [0.1, 0.15) is 13.3 Å². The summed E-state index contributed by atoms with van der Waals surface area (Å²) < 4.78 is 33.9. The Hall–Kier alpha value is -0.800. The fourth-order valence-corrected chi connectivity index (χ4v) is 0.305. The van der Waals surface area contributed by atoms with Crippen LogP contribution in [0.4, 0.5) is 13.2 Å². The van der Waals surface area contributed by atoms with Crippen molar-refractivity contribution in [2.45, 2.75) is 19.5 Å². The highest BCUT2D eigenvalue weighted by molar-refractivity contribution is 5.89. The highest BCUT2D eigenvalue weighted by Gasteiger charge is 2.22. The molecule has 0 radical (unpaired) electrons. The smallest absolute Gasteiger partial charge is 0.295 e. The molecule has 0 aromatic rings. The molecular weight excluding hydrogens is 145 g/mol. The highest BCUT2D eigenvalue weighted by Crippen LogP contribution is 2.15. The number of hydrogen-bond acceptors (Lipinski definition) is 1. The summed E-state index contributed by atoms with van der Waals surface area (Å²) in [5, 5.41) is 0. The van der Waals surface area contributed by atoms with Crippen LogP contribution in [0.3, 0.4) is 0 Å². The fourth-order valence-electron chi connectivity index (χ4n) is 0.305. The molecule has 0 aromatic heterocycles. The summed E-state index contributed by atoms with van der Waals surface area (Å²) in [6.45, 7) is 1.50. The largest absolute Gasteiger partial charge is 0.409 e. The molecule has 0 atom stereocenters. The molecule has 0 aliphatic carbocycles. The number of carbonyl (C=O) groups is 1. The zero-order chi connectivity index (χ0) is 8.20. The van der Waals surface area contributed by atoms with Crippen LogP contribution in [-0.4, -0.2) is 12.0 Å². The van der Waals surface area contributed by atoms with Crippen LogP contribution in [0.2, 0.25) is 0 Å². The molecular formula is C6H7F3O. The second-order valence-electron chi connectivity index (χ2n) is 1.69. The van der Waals surface area contributed by atoms with E-state index >= 15 is 0 Å². The van der Waals surface area contributed by atoms with E-state index in [1.807, 2.05) is 0 Å². The lowest BCUT2D eigenvalue weighted by atomic mass is 10.3. The maximum absolute atomic E-state index is 11.3. The third-order valence-corrected chi connectivity index (χ3v) is 0.807. The maximum Gasteiger partial charge on any atom is 0.409 e. The number of halogens is 3. The summed E-state index contributed by atoms with van der Waals surface area (Å²) in [5.41, 5.74) is 0. The zero-order valence-electron chi connectivity index (χ0n) is 5.40. The summed E-state index contributed by atoms with van der Waals surface area (Å²) in [6, 6.07) is 0. The first-order valence-electron chi connectivity index (χ1n) is 2.74. The van der Waals surface area contributed by atoms with Crippen molar-refractivity contribution in [2.75, 3.05) is 0 Å². The first-order valence-corrected chi connectivity index (χ1v) is 2.74. The van der Waals surface area contributed by atoms with Gasteiger partial charge >= 0.3 is 6.18 Å². The molecule has 0 unspecified atom stereocenters. The van der Waals surface area contributed by atoms with E-state index in [1.54, 1.807) is 0 Å². The van der Waals surface area contributed by atoms with Crippen LogP contribution in [-0.2, 0) is 4.79 Å². The number of ketones is 1. The second-order valence-corrected chi connectivity index (χ2v) is 1.69. The van der Waals surface area contributed by atoms with Gasteiger partial charge in [0.1, 0.15) is 0 Å². The molecule has 0 heterocycles. The lowest BCUT2D eigenvalue weighted by Crippen LogP contribution is -2.02. The summed E-state index contributed by atoms with van der Waals surface area (Å²) in [6.07, 6.45) is -3.78. The average Bonchev–Trinajstić information content (AvgIpc) is 1.81. The monoisotopic (exact) mass is 152 g/mol. The molecule has 0 aliphatic heterocycles. The molecule has 0 rings (SSSR count). The zero-order valence-corrected chi connectivity index (χ0v) is 5.40. The van der Waals surface area contributed by atoms with Gasteiger partial charge in [0.15, 0.2) is 5.78 Å². The van der Waals surface area contributed by atoms with Crippen LogP contribution in [0.15, 0.2) is 12.2 Å². The summed E-state index contributed by atoms with van der Waals surface area (Å²) in [7, 11) is 0. The molecule has 0 bridgehead atoms. The van der Waals surface area contributed by atoms with Crippen molar-refractivity contribution in [2.24, 2.45) is 0 Å². The topological polar surface area (TPSA) is 17.1 Å². The van der Waals surface area contributed by atoms with Crippen LogP contribution in [0.5, 0.6) is 0 Å². The van der Waals surface area contributed by atoms with Crippen molar-refractivity contribution in [1.82, 2.24) is 0 Å². The van der Waals surface area contributed by atoms with E-state index in [1.165, 1.54) is 6.92 Å². The average molecular weight is 152 g/mol. The van der Waals surface area contributed by atoms with Gasteiger partial charge in [0, 0.05) is 12.5 Å². The molecule has 0 aromatic carbocycles. The molecule has 0 spiro atoms. The van der Waals surface area contributed by atoms with Gasteiger partial charge < -0.3 is 0 Å². The minimum atomic E-state index is -4.37. The molecule has 0 saturated carbocycles. The Morgan fingerprint density at radius 2 is 2.00 bits per heavy atom. The third kappa shape index (κ3) is 5.34. The summed E-state index contributed by atoms with van der Waals surface area (Å²) in [5.74, 6) is -0.516. The first-order chi connectivity index (χ1) is 4.45. The Balaban J connectivity index is 3.88. The van der Waals surface area contributed by atoms with Crippen LogP contribution < -0.4 is 0 Å². The van der Waals surface area contributed by atoms with Gasteiger partial charge in [0.2, 0.25) is 0 Å². The number of rotatable bonds is 2. The molecule has 1 nitrogen and oxygen atoms in total. The standard InChI is InChI=1S/C6H7F3O/c1-2-5(10)3-4-6(7,8)9/h3-4H,2H2,1H3.